The van der Waals surface area contributed by atoms with Gasteiger partial charge in [0.05, 0.1) is 30.1 Å². The zero-order valence-electron chi connectivity index (χ0n) is 17.9. The lowest BCUT2D eigenvalue weighted by molar-refractivity contribution is -0.120. The molecule has 1 atom stereocenters. The van der Waals surface area contributed by atoms with Crippen LogP contribution in [0, 0.1) is 0 Å². The number of amides is 2. The van der Waals surface area contributed by atoms with E-state index in [-0.39, 0.29) is 24.3 Å². The fourth-order valence-corrected chi connectivity index (χ4v) is 5.13. The van der Waals surface area contributed by atoms with Gasteiger partial charge in [0.25, 0.3) is 5.91 Å². The van der Waals surface area contributed by atoms with Crippen LogP contribution < -0.4 is 15.4 Å². The molecule has 0 saturated carbocycles. The molecule has 168 valence electrons. The second kappa shape index (κ2) is 10.7. The topological polar surface area (TPSA) is 83.6 Å². The number of rotatable bonds is 9. The van der Waals surface area contributed by atoms with Gasteiger partial charge in [-0.3, -0.25) is 19.8 Å². The van der Waals surface area contributed by atoms with E-state index >= 15 is 0 Å². The number of carbonyl (C=O) groups is 2. The van der Waals surface area contributed by atoms with Crippen molar-refractivity contribution in [2.45, 2.75) is 25.3 Å². The van der Waals surface area contributed by atoms with Gasteiger partial charge in [-0.2, -0.15) is 0 Å². The summed E-state index contributed by atoms with van der Waals surface area (Å²) in [5, 5.41) is 10.0. The molecule has 0 radical (unpaired) electrons. The standard InChI is InChI=1S/C23H26N4O3S2/c1-30-18-7-4-6-16(12-18)19(27-9-2-3-10-27)14-24-21(28)13-17-15-32-23(25-17)26-22(29)20-8-5-11-31-20/h4-8,11-12,15,19H,2-3,9-10,13-14H2,1H3,(H,24,28)(H,25,26,29). The fraction of sp³-hybridized carbons (Fsp3) is 0.348. The lowest BCUT2D eigenvalue weighted by Crippen LogP contribution is -2.37. The van der Waals surface area contributed by atoms with Crippen LogP contribution in [-0.4, -0.2) is 48.4 Å². The largest absolute Gasteiger partial charge is 0.497 e. The normalized spacial score (nSPS) is 14.8. The first-order valence-electron chi connectivity index (χ1n) is 10.6. The molecule has 2 aromatic heterocycles. The Balaban J connectivity index is 1.34. The van der Waals surface area contributed by atoms with E-state index in [9.17, 15) is 9.59 Å². The van der Waals surface area contributed by atoms with Crippen LogP contribution in [0.5, 0.6) is 5.75 Å². The van der Waals surface area contributed by atoms with E-state index < -0.39 is 0 Å². The second-order valence-corrected chi connectivity index (χ2v) is 9.40. The third-order valence-corrected chi connectivity index (χ3v) is 7.09. The monoisotopic (exact) mass is 470 g/mol. The number of carbonyl (C=O) groups excluding carboxylic acids is 2. The number of hydrogen-bond acceptors (Lipinski definition) is 7. The molecule has 0 spiro atoms. The zero-order chi connectivity index (χ0) is 22.3. The molecule has 7 nitrogen and oxygen atoms in total. The number of thiazole rings is 1. The van der Waals surface area contributed by atoms with Crippen LogP contribution in [0.4, 0.5) is 5.13 Å². The van der Waals surface area contributed by atoms with Crippen molar-refractivity contribution in [3.05, 3.63) is 63.3 Å². The van der Waals surface area contributed by atoms with E-state index in [1.807, 2.05) is 35.0 Å². The molecule has 1 fully saturated rings. The molecule has 3 heterocycles. The third-order valence-electron chi connectivity index (χ3n) is 5.41. The summed E-state index contributed by atoms with van der Waals surface area (Å²) in [5.41, 5.74) is 1.78. The van der Waals surface area contributed by atoms with Gasteiger partial charge in [-0.05, 0) is 55.1 Å². The summed E-state index contributed by atoms with van der Waals surface area (Å²) in [5.74, 6) is 0.549. The zero-order valence-corrected chi connectivity index (χ0v) is 19.5. The molecule has 1 unspecified atom stereocenters. The van der Waals surface area contributed by atoms with E-state index in [0.29, 0.717) is 22.2 Å². The van der Waals surface area contributed by atoms with Crippen molar-refractivity contribution in [2.24, 2.45) is 0 Å². The molecular formula is C23H26N4O3S2. The Hall–Kier alpha value is -2.75. The number of ether oxygens (including phenoxy) is 1. The summed E-state index contributed by atoms with van der Waals surface area (Å²) in [6.07, 6.45) is 2.52. The van der Waals surface area contributed by atoms with E-state index in [1.54, 1.807) is 13.2 Å². The van der Waals surface area contributed by atoms with E-state index in [0.717, 1.165) is 24.4 Å². The Kier molecular flexibility index (Phi) is 7.51. The Morgan fingerprint density at radius 1 is 1.19 bits per heavy atom. The van der Waals surface area contributed by atoms with Gasteiger partial charge in [-0.25, -0.2) is 4.98 Å². The summed E-state index contributed by atoms with van der Waals surface area (Å²) in [6.45, 7) is 2.58. The van der Waals surface area contributed by atoms with Gasteiger partial charge in [0.2, 0.25) is 5.91 Å². The van der Waals surface area contributed by atoms with Crippen molar-refractivity contribution >= 4 is 39.6 Å². The van der Waals surface area contributed by atoms with Crippen LogP contribution in [0.25, 0.3) is 0 Å². The molecule has 1 aliphatic heterocycles. The Morgan fingerprint density at radius 3 is 2.78 bits per heavy atom. The minimum Gasteiger partial charge on any atom is -0.497 e. The quantitative estimate of drug-likeness (QED) is 0.495. The highest BCUT2D eigenvalue weighted by Crippen LogP contribution is 2.27. The molecule has 1 saturated heterocycles. The van der Waals surface area contributed by atoms with Gasteiger partial charge in [-0.1, -0.05) is 18.2 Å². The molecule has 2 N–H and O–H groups in total. The van der Waals surface area contributed by atoms with Gasteiger partial charge in [0.1, 0.15) is 5.75 Å². The van der Waals surface area contributed by atoms with Crippen molar-refractivity contribution in [3.8, 4) is 5.75 Å². The summed E-state index contributed by atoms with van der Waals surface area (Å²) in [6, 6.07) is 11.7. The molecule has 1 aliphatic rings. The van der Waals surface area contributed by atoms with Crippen molar-refractivity contribution < 1.29 is 14.3 Å². The minimum absolute atomic E-state index is 0.0847. The average molecular weight is 471 g/mol. The molecule has 0 aliphatic carbocycles. The third kappa shape index (κ3) is 5.73. The van der Waals surface area contributed by atoms with Gasteiger partial charge in [0.15, 0.2) is 5.13 Å². The Morgan fingerprint density at radius 2 is 2.03 bits per heavy atom. The highest BCUT2D eigenvalue weighted by Gasteiger charge is 2.24. The molecule has 32 heavy (non-hydrogen) atoms. The van der Waals surface area contributed by atoms with E-state index in [4.69, 9.17) is 4.74 Å². The number of nitrogens with one attached hydrogen (secondary N) is 2. The highest BCUT2D eigenvalue weighted by molar-refractivity contribution is 7.14. The van der Waals surface area contributed by atoms with Crippen LogP contribution in [0.3, 0.4) is 0 Å². The first-order valence-corrected chi connectivity index (χ1v) is 12.3. The van der Waals surface area contributed by atoms with Crippen LogP contribution in [0.15, 0.2) is 47.2 Å². The molecular weight excluding hydrogens is 444 g/mol. The maximum Gasteiger partial charge on any atom is 0.267 e. The van der Waals surface area contributed by atoms with E-state index in [2.05, 4.69) is 26.6 Å². The summed E-state index contributed by atoms with van der Waals surface area (Å²) in [4.78, 5) is 32.2. The molecule has 3 aromatic rings. The predicted octanol–water partition coefficient (Wildman–Crippen LogP) is 3.96. The first-order chi connectivity index (χ1) is 15.6. The van der Waals surface area contributed by atoms with Crippen LogP contribution in [-0.2, 0) is 11.2 Å². The maximum atomic E-state index is 12.6. The Labute approximate surface area is 195 Å². The number of aromatic nitrogens is 1. The number of nitrogens with zero attached hydrogens (tertiary/aromatic N) is 2. The highest BCUT2D eigenvalue weighted by atomic mass is 32.1. The minimum atomic E-state index is -0.183. The maximum absolute atomic E-state index is 12.6. The van der Waals surface area contributed by atoms with Crippen molar-refractivity contribution in [1.29, 1.82) is 0 Å². The van der Waals surface area contributed by atoms with Crippen LogP contribution in [0.2, 0.25) is 0 Å². The first kappa shape index (κ1) is 22.4. The number of methoxy groups -OCH3 is 1. The van der Waals surface area contributed by atoms with Gasteiger partial charge < -0.3 is 10.1 Å². The molecule has 0 bridgehead atoms. The second-order valence-electron chi connectivity index (χ2n) is 7.59. The van der Waals surface area contributed by atoms with Gasteiger partial charge in [0, 0.05) is 11.9 Å². The predicted molar refractivity (Wildman–Crippen MR) is 128 cm³/mol. The number of thiophene rings is 1. The number of likely N-dealkylation sites (tertiary alicyclic amines) is 1. The Bertz CT molecular complexity index is 1050. The number of anilines is 1. The van der Waals surface area contributed by atoms with Crippen LogP contribution in [0.1, 0.15) is 39.8 Å². The smallest absolute Gasteiger partial charge is 0.267 e. The number of benzene rings is 1. The SMILES string of the molecule is COc1cccc(C(CNC(=O)Cc2csc(NC(=O)c3cccs3)n2)N2CCCC2)c1. The lowest BCUT2D eigenvalue weighted by atomic mass is 10.0. The fourth-order valence-electron chi connectivity index (χ4n) is 3.81. The van der Waals surface area contributed by atoms with E-state index in [1.165, 1.54) is 35.5 Å². The average Bonchev–Trinajstić information content (AvgIpc) is 3.57. The van der Waals surface area contributed by atoms with Gasteiger partial charge in [-0.15, -0.1) is 22.7 Å². The number of hydrogen-bond donors (Lipinski definition) is 2. The molecule has 1 aromatic carbocycles. The van der Waals surface area contributed by atoms with Crippen LogP contribution >= 0.6 is 22.7 Å². The molecule has 9 heteroatoms. The van der Waals surface area contributed by atoms with Crippen molar-refractivity contribution in [2.75, 3.05) is 32.1 Å². The molecule has 4 rings (SSSR count). The summed E-state index contributed by atoms with van der Waals surface area (Å²) < 4.78 is 5.38. The van der Waals surface area contributed by atoms with Crippen molar-refractivity contribution in [3.63, 3.8) is 0 Å². The summed E-state index contributed by atoms with van der Waals surface area (Å²) >= 11 is 2.70. The van der Waals surface area contributed by atoms with Gasteiger partial charge >= 0.3 is 0 Å². The molecule has 2 amide bonds. The van der Waals surface area contributed by atoms with Crippen molar-refractivity contribution in [1.82, 2.24) is 15.2 Å². The summed E-state index contributed by atoms with van der Waals surface area (Å²) in [7, 11) is 1.66. The lowest BCUT2D eigenvalue weighted by Gasteiger charge is -2.28.